The smallest absolute Gasteiger partial charge is 0.311 e. The van der Waals surface area contributed by atoms with Crippen LogP contribution in [0.3, 0.4) is 0 Å². The first-order valence-electron chi connectivity index (χ1n) is 5.19. The highest BCUT2D eigenvalue weighted by Gasteiger charge is 2.08. The van der Waals surface area contributed by atoms with E-state index < -0.39 is 0 Å². The van der Waals surface area contributed by atoms with Gasteiger partial charge in [0.1, 0.15) is 0 Å². The number of carbonyl (C=O) groups excluding carboxylic acids is 1. The first-order chi connectivity index (χ1) is 7.71. The minimum Gasteiger partial charge on any atom is -0.493 e. The zero-order valence-corrected chi connectivity index (χ0v) is 9.66. The molecule has 0 spiro atoms. The van der Waals surface area contributed by atoms with Crippen molar-refractivity contribution < 1.29 is 14.3 Å². The molecule has 0 N–H and O–H groups in total. The Kier molecular flexibility index (Phi) is 4.58. The van der Waals surface area contributed by atoms with Gasteiger partial charge in [0, 0.05) is 6.42 Å². The quantitative estimate of drug-likeness (QED) is 0.435. The maximum Gasteiger partial charge on any atom is 0.311 e. The molecule has 16 heavy (non-hydrogen) atoms. The SMILES string of the molecule is C=CCc1ccc(OC(=O)CC)c(OC)c1. The normalized spacial score (nSPS) is 9.62. The van der Waals surface area contributed by atoms with E-state index in [9.17, 15) is 4.79 Å². The average Bonchev–Trinajstić information content (AvgIpc) is 2.31. The molecular weight excluding hydrogens is 204 g/mol. The summed E-state index contributed by atoms with van der Waals surface area (Å²) >= 11 is 0. The van der Waals surface area contributed by atoms with E-state index in [1.807, 2.05) is 18.2 Å². The highest BCUT2D eigenvalue weighted by molar-refractivity contribution is 5.72. The van der Waals surface area contributed by atoms with Crippen molar-refractivity contribution in [3.63, 3.8) is 0 Å². The van der Waals surface area contributed by atoms with Crippen LogP contribution in [0.15, 0.2) is 30.9 Å². The van der Waals surface area contributed by atoms with Gasteiger partial charge in [0.05, 0.1) is 7.11 Å². The summed E-state index contributed by atoms with van der Waals surface area (Å²) in [5.41, 5.74) is 1.07. The van der Waals surface area contributed by atoms with E-state index in [2.05, 4.69) is 6.58 Å². The van der Waals surface area contributed by atoms with Crippen molar-refractivity contribution in [2.75, 3.05) is 7.11 Å². The molecule has 3 nitrogen and oxygen atoms in total. The van der Waals surface area contributed by atoms with Gasteiger partial charge in [0.25, 0.3) is 0 Å². The molecule has 0 bridgehead atoms. The molecule has 1 rings (SSSR count). The summed E-state index contributed by atoms with van der Waals surface area (Å²) in [6.45, 7) is 5.42. The number of ether oxygens (including phenoxy) is 2. The summed E-state index contributed by atoms with van der Waals surface area (Å²) < 4.78 is 10.3. The van der Waals surface area contributed by atoms with E-state index in [1.165, 1.54) is 0 Å². The van der Waals surface area contributed by atoms with Crippen LogP contribution in [-0.4, -0.2) is 13.1 Å². The lowest BCUT2D eigenvalue weighted by Gasteiger charge is -2.09. The maximum atomic E-state index is 11.2. The molecular formula is C13H16O3. The summed E-state index contributed by atoms with van der Waals surface area (Å²) in [5.74, 6) is 0.762. The highest BCUT2D eigenvalue weighted by atomic mass is 16.6. The van der Waals surface area contributed by atoms with Gasteiger partial charge in [0.2, 0.25) is 0 Å². The van der Waals surface area contributed by atoms with Gasteiger partial charge < -0.3 is 9.47 Å². The summed E-state index contributed by atoms with van der Waals surface area (Å²) in [7, 11) is 1.55. The van der Waals surface area contributed by atoms with Crippen LogP contribution in [0.5, 0.6) is 11.5 Å². The maximum absolute atomic E-state index is 11.2. The molecule has 0 aliphatic rings. The first-order valence-corrected chi connectivity index (χ1v) is 5.19. The van der Waals surface area contributed by atoms with Crippen LogP contribution >= 0.6 is 0 Å². The number of benzene rings is 1. The second kappa shape index (κ2) is 5.95. The Balaban J connectivity index is 2.92. The molecule has 0 unspecified atom stereocenters. The van der Waals surface area contributed by atoms with Crippen LogP contribution < -0.4 is 9.47 Å². The molecule has 0 saturated heterocycles. The molecule has 0 saturated carbocycles. The van der Waals surface area contributed by atoms with Gasteiger partial charge in [-0.15, -0.1) is 6.58 Å². The van der Waals surface area contributed by atoms with Crippen LogP contribution in [-0.2, 0) is 11.2 Å². The zero-order valence-electron chi connectivity index (χ0n) is 9.66. The zero-order chi connectivity index (χ0) is 12.0. The fourth-order valence-corrected chi connectivity index (χ4v) is 1.28. The molecule has 0 heterocycles. The fourth-order valence-electron chi connectivity index (χ4n) is 1.28. The summed E-state index contributed by atoms with van der Waals surface area (Å²) in [5, 5.41) is 0. The summed E-state index contributed by atoms with van der Waals surface area (Å²) in [4.78, 5) is 11.2. The van der Waals surface area contributed by atoms with Gasteiger partial charge in [0.15, 0.2) is 11.5 Å². The van der Waals surface area contributed by atoms with Crippen LogP contribution in [0, 0.1) is 0 Å². The van der Waals surface area contributed by atoms with Gasteiger partial charge in [-0.25, -0.2) is 0 Å². The number of carbonyl (C=O) groups is 1. The van der Waals surface area contributed by atoms with Gasteiger partial charge in [-0.3, -0.25) is 4.79 Å². The second-order valence-corrected chi connectivity index (χ2v) is 3.31. The van der Waals surface area contributed by atoms with E-state index in [1.54, 1.807) is 20.1 Å². The molecule has 0 aromatic heterocycles. The van der Waals surface area contributed by atoms with Crippen molar-refractivity contribution in [1.29, 1.82) is 0 Å². The minimum atomic E-state index is -0.269. The van der Waals surface area contributed by atoms with Crippen molar-refractivity contribution in [2.24, 2.45) is 0 Å². The Bertz CT molecular complexity index is 383. The second-order valence-electron chi connectivity index (χ2n) is 3.31. The van der Waals surface area contributed by atoms with Crippen molar-refractivity contribution in [3.05, 3.63) is 36.4 Å². The number of esters is 1. The third-order valence-corrected chi connectivity index (χ3v) is 2.12. The topological polar surface area (TPSA) is 35.5 Å². The Hall–Kier alpha value is -1.77. The molecule has 0 amide bonds. The van der Waals surface area contributed by atoms with E-state index >= 15 is 0 Å². The predicted octanol–water partition coefficient (Wildman–Crippen LogP) is 2.74. The van der Waals surface area contributed by atoms with E-state index in [4.69, 9.17) is 9.47 Å². The largest absolute Gasteiger partial charge is 0.493 e. The molecule has 0 radical (unpaired) electrons. The number of allylic oxidation sites excluding steroid dienone is 1. The van der Waals surface area contributed by atoms with Gasteiger partial charge in [-0.2, -0.15) is 0 Å². The molecule has 0 aliphatic heterocycles. The van der Waals surface area contributed by atoms with Gasteiger partial charge >= 0.3 is 5.97 Å². The highest BCUT2D eigenvalue weighted by Crippen LogP contribution is 2.28. The van der Waals surface area contributed by atoms with Gasteiger partial charge in [-0.05, 0) is 24.1 Å². The van der Waals surface area contributed by atoms with Crippen LogP contribution in [0.4, 0.5) is 0 Å². The monoisotopic (exact) mass is 220 g/mol. The number of hydrogen-bond acceptors (Lipinski definition) is 3. The van der Waals surface area contributed by atoms with Gasteiger partial charge in [-0.1, -0.05) is 19.1 Å². The van der Waals surface area contributed by atoms with Crippen molar-refractivity contribution in [3.8, 4) is 11.5 Å². The number of methoxy groups -OCH3 is 1. The third kappa shape index (κ3) is 3.12. The molecule has 3 heteroatoms. The Morgan fingerprint density at radius 2 is 2.19 bits per heavy atom. The van der Waals surface area contributed by atoms with Crippen molar-refractivity contribution in [2.45, 2.75) is 19.8 Å². The van der Waals surface area contributed by atoms with Crippen LogP contribution in [0.25, 0.3) is 0 Å². The Labute approximate surface area is 95.7 Å². The van der Waals surface area contributed by atoms with Crippen LogP contribution in [0.2, 0.25) is 0 Å². The molecule has 0 fully saturated rings. The van der Waals surface area contributed by atoms with E-state index in [-0.39, 0.29) is 5.97 Å². The lowest BCUT2D eigenvalue weighted by atomic mass is 10.1. The fraction of sp³-hybridized carbons (Fsp3) is 0.308. The molecule has 1 aromatic rings. The molecule has 0 atom stereocenters. The number of hydrogen-bond donors (Lipinski definition) is 0. The predicted molar refractivity (Wildman–Crippen MR) is 62.8 cm³/mol. The first kappa shape index (κ1) is 12.3. The lowest BCUT2D eigenvalue weighted by molar-refractivity contribution is -0.134. The molecule has 0 aliphatic carbocycles. The summed E-state index contributed by atoms with van der Waals surface area (Å²) in [6.07, 6.45) is 2.92. The van der Waals surface area contributed by atoms with Crippen molar-refractivity contribution >= 4 is 5.97 Å². The Morgan fingerprint density at radius 1 is 1.44 bits per heavy atom. The lowest BCUT2D eigenvalue weighted by Crippen LogP contribution is -2.06. The van der Waals surface area contributed by atoms with E-state index in [0.717, 1.165) is 12.0 Å². The van der Waals surface area contributed by atoms with Crippen molar-refractivity contribution in [1.82, 2.24) is 0 Å². The molecule has 1 aromatic carbocycles. The molecule has 86 valence electrons. The minimum absolute atomic E-state index is 0.269. The number of rotatable bonds is 5. The average molecular weight is 220 g/mol. The Morgan fingerprint density at radius 3 is 2.75 bits per heavy atom. The standard InChI is InChI=1S/C13H16O3/c1-4-6-10-7-8-11(12(9-10)15-3)16-13(14)5-2/h4,7-9H,1,5-6H2,2-3H3. The third-order valence-electron chi connectivity index (χ3n) is 2.12. The van der Waals surface area contributed by atoms with Crippen LogP contribution in [0.1, 0.15) is 18.9 Å². The van der Waals surface area contributed by atoms with E-state index in [0.29, 0.717) is 17.9 Å². The summed E-state index contributed by atoms with van der Waals surface area (Å²) in [6, 6.07) is 5.48.